The number of nitro groups is 1. The highest BCUT2D eigenvalue weighted by Crippen LogP contribution is 2.34. The third-order valence-electron chi connectivity index (χ3n) is 4.15. The normalized spacial score (nSPS) is 18.9. The molecule has 0 aliphatic carbocycles. The Morgan fingerprint density at radius 1 is 1.39 bits per heavy atom. The predicted molar refractivity (Wildman–Crippen MR) is 91.7 cm³/mol. The first-order chi connectivity index (χ1) is 11.1. The smallest absolute Gasteiger partial charge is 0.278 e. The fraction of sp³-hybridized carbons (Fsp3) is 0.412. The number of ether oxygens (including phenoxy) is 1. The number of nitrogens with one attached hydrogen (secondary N) is 1. The van der Waals surface area contributed by atoms with E-state index in [4.69, 9.17) is 4.74 Å². The molecule has 1 N–H and O–H groups in total. The van der Waals surface area contributed by atoms with Crippen LogP contribution in [0.1, 0.15) is 24.6 Å². The second kappa shape index (κ2) is 7.21. The van der Waals surface area contributed by atoms with Crippen LogP contribution in [0.25, 0.3) is 10.4 Å². The Morgan fingerprint density at radius 3 is 2.96 bits per heavy atom. The van der Waals surface area contributed by atoms with E-state index >= 15 is 0 Å². The first kappa shape index (κ1) is 16.1. The molecule has 122 valence electrons. The van der Waals surface area contributed by atoms with Crippen LogP contribution in [0.4, 0.5) is 5.69 Å². The van der Waals surface area contributed by atoms with Gasteiger partial charge in [0.2, 0.25) is 0 Å². The van der Waals surface area contributed by atoms with Gasteiger partial charge in [0.15, 0.2) is 0 Å². The summed E-state index contributed by atoms with van der Waals surface area (Å²) in [7, 11) is 0. The van der Waals surface area contributed by atoms with E-state index in [9.17, 15) is 10.1 Å². The third-order valence-corrected chi connectivity index (χ3v) is 5.27. The lowest BCUT2D eigenvalue weighted by Gasteiger charge is -2.19. The van der Waals surface area contributed by atoms with Crippen molar-refractivity contribution in [3.8, 4) is 10.4 Å². The molecule has 2 aromatic rings. The van der Waals surface area contributed by atoms with Crippen molar-refractivity contribution in [3.63, 3.8) is 0 Å². The van der Waals surface area contributed by atoms with Gasteiger partial charge in [0.1, 0.15) is 0 Å². The number of nitro benzene ring substituents is 1. The van der Waals surface area contributed by atoms with E-state index in [2.05, 4.69) is 12.2 Å². The molecule has 1 fully saturated rings. The summed E-state index contributed by atoms with van der Waals surface area (Å²) in [5.41, 5.74) is 0.836. The predicted octanol–water partition coefficient (Wildman–Crippen LogP) is 3.98. The molecule has 2 atom stereocenters. The molecular formula is C17H20N2O3S. The zero-order chi connectivity index (χ0) is 16.2. The van der Waals surface area contributed by atoms with Gasteiger partial charge in [0, 0.05) is 35.0 Å². The van der Waals surface area contributed by atoms with E-state index in [-0.39, 0.29) is 10.6 Å². The minimum atomic E-state index is -0.327. The van der Waals surface area contributed by atoms with E-state index in [0.717, 1.165) is 30.9 Å². The maximum absolute atomic E-state index is 11.1. The summed E-state index contributed by atoms with van der Waals surface area (Å²) >= 11 is 1.59. The molecule has 0 amide bonds. The number of benzene rings is 1. The molecule has 2 heterocycles. The fourth-order valence-electron chi connectivity index (χ4n) is 2.85. The molecule has 0 radical (unpaired) electrons. The fourth-order valence-corrected chi connectivity index (χ4v) is 3.84. The Labute approximate surface area is 139 Å². The van der Waals surface area contributed by atoms with Gasteiger partial charge in [-0.2, -0.15) is 0 Å². The topological polar surface area (TPSA) is 64.4 Å². The van der Waals surface area contributed by atoms with Crippen molar-refractivity contribution in [2.75, 3.05) is 6.61 Å². The molecule has 0 saturated carbocycles. The molecule has 5 nitrogen and oxygen atoms in total. The van der Waals surface area contributed by atoms with Gasteiger partial charge in [-0.3, -0.25) is 10.1 Å². The monoisotopic (exact) mass is 332 g/mol. The van der Waals surface area contributed by atoms with Gasteiger partial charge in [0.05, 0.1) is 16.6 Å². The molecule has 1 aromatic carbocycles. The van der Waals surface area contributed by atoms with Gasteiger partial charge in [-0.15, -0.1) is 11.3 Å². The van der Waals surface area contributed by atoms with Crippen LogP contribution in [-0.4, -0.2) is 23.7 Å². The molecular weight excluding hydrogens is 312 g/mol. The van der Waals surface area contributed by atoms with Crippen LogP contribution in [0.2, 0.25) is 0 Å². The van der Waals surface area contributed by atoms with Gasteiger partial charge in [-0.1, -0.05) is 12.1 Å². The van der Waals surface area contributed by atoms with E-state index < -0.39 is 0 Å². The number of hydrogen-bond donors (Lipinski definition) is 1. The lowest BCUT2D eigenvalue weighted by atomic mass is 10.1. The highest BCUT2D eigenvalue weighted by molar-refractivity contribution is 7.15. The summed E-state index contributed by atoms with van der Waals surface area (Å²) in [6.07, 6.45) is 2.54. The Bertz CT molecular complexity index is 680. The van der Waals surface area contributed by atoms with Crippen molar-refractivity contribution in [2.45, 2.75) is 38.5 Å². The lowest BCUT2D eigenvalue weighted by molar-refractivity contribution is -0.384. The minimum absolute atomic E-state index is 0.154. The van der Waals surface area contributed by atoms with Crippen molar-refractivity contribution >= 4 is 17.0 Å². The molecule has 0 bridgehead atoms. The SMILES string of the molecule is CC(NCc1ccc(-c2ccccc2[N+](=O)[O-])s1)C1CCCO1. The van der Waals surface area contributed by atoms with Gasteiger partial charge in [-0.25, -0.2) is 0 Å². The third kappa shape index (κ3) is 3.77. The average Bonchev–Trinajstić information content (AvgIpc) is 3.24. The van der Waals surface area contributed by atoms with Crippen molar-refractivity contribution < 1.29 is 9.66 Å². The van der Waals surface area contributed by atoms with Crippen LogP contribution in [0, 0.1) is 10.1 Å². The zero-order valence-corrected chi connectivity index (χ0v) is 13.8. The summed E-state index contributed by atoms with van der Waals surface area (Å²) in [5, 5.41) is 14.6. The summed E-state index contributed by atoms with van der Waals surface area (Å²) < 4.78 is 5.69. The first-order valence-corrected chi connectivity index (χ1v) is 8.64. The first-order valence-electron chi connectivity index (χ1n) is 7.82. The minimum Gasteiger partial charge on any atom is -0.377 e. The second-order valence-corrected chi connectivity index (χ2v) is 6.93. The maximum atomic E-state index is 11.1. The van der Waals surface area contributed by atoms with Crippen LogP contribution in [0.15, 0.2) is 36.4 Å². The highest BCUT2D eigenvalue weighted by Gasteiger charge is 2.22. The lowest BCUT2D eigenvalue weighted by Crippen LogP contribution is -2.36. The quantitative estimate of drug-likeness (QED) is 0.642. The van der Waals surface area contributed by atoms with E-state index in [1.807, 2.05) is 18.2 Å². The second-order valence-electron chi connectivity index (χ2n) is 5.76. The summed E-state index contributed by atoms with van der Waals surface area (Å²) in [4.78, 5) is 12.9. The maximum Gasteiger partial charge on any atom is 0.278 e. The Hall–Kier alpha value is -1.76. The van der Waals surface area contributed by atoms with Gasteiger partial charge in [-0.05, 0) is 38.0 Å². The molecule has 2 unspecified atom stereocenters. The zero-order valence-electron chi connectivity index (χ0n) is 13.0. The molecule has 1 aliphatic heterocycles. The Kier molecular flexibility index (Phi) is 5.05. The number of rotatable bonds is 6. The van der Waals surface area contributed by atoms with Crippen molar-refractivity contribution in [1.82, 2.24) is 5.32 Å². The van der Waals surface area contributed by atoms with E-state index in [1.54, 1.807) is 29.5 Å². The Morgan fingerprint density at radius 2 is 2.22 bits per heavy atom. The molecule has 23 heavy (non-hydrogen) atoms. The van der Waals surface area contributed by atoms with E-state index in [0.29, 0.717) is 17.7 Å². The highest BCUT2D eigenvalue weighted by atomic mass is 32.1. The van der Waals surface area contributed by atoms with Crippen molar-refractivity contribution in [2.24, 2.45) is 0 Å². The average molecular weight is 332 g/mol. The van der Waals surface area contributed by atoms with Crippen LogP contribution in [0.5, 0.6) is 0 Å². The van der Waals surface area contributed by atoms with Crippen molar-refractivity contribution in [1.29, 1.82) is 0 Å². The van der Waals surface area contributed by atoms with Gasteiger partial charge in [0.25, 0.3) is 5.69 Å². The molecule has 1 aliphatic rings. The van der Waals surface area contributed by atoms with E-state index in [1.165, 1.54) is 4.88 Å². The number of nitrogens with zero attached hydrogens (tertiary/aromatic N) is 1. The molecule has 1 saturated heterocycles. The summed E-state index contributed by atoms with van der Waals surface area (Å²) in [6.45, 7) is 3.76. The number of hydrogen-bond acceptors (Lipinski definition) is 5. The molecule has 6 heteroatoms. The van der Waals surface area contributed by atoms with Gasteiger partial charge >= 0.3 is 0 Å². The van der Waals surface area contributed by atoms with Crippen LogP contribution >= 0.6 is 11.3 Å². The standard InChI is InChI=1S/C17H20N2O3S/c1-12(16-7-4-10-22-16)18-11-13-8-9-17(23-13)14-5-2-3-6-15(14)19(20)21/h2-3,5-6,8-9,12,16,18H,4,7,10-11H2,1H3. The summed E-state index contributed by atoms with van der Waals surface area (Å²) in [6, 6.07) is 11.2. The van der Waals surface area contributed by atoms with Crippen LogP contribution in [-0.2, 0) is 11.3 Å². The van der Waals surface area contributed by atoms with Gasteiger partial charge < -0.3 is 10.1 Å². The molecule has 1 aromatic heterocycles. The number of thiophene rings is 1. The van der Waals surface area contributed by atoms with Crippen LogP contribution in [0.3, 0.4) is 0 Å². The van der Waals surface area contributed by atoms with Crippen LogP contribution < -0.4 is 5.32 Å². The van der Waals surface area contributed by atoms with Crippen molar-refractivity contribution in [3.05, 3.63) is 51.4 Å². The summed E-state index contributed by atoms with van der Waals surface area (Å²) in [5.74, 6) is 0. The molecule has 0 spiro atoms. The largest absolute Gasteiger partial charge is 0.377 e. The number of para-hydroxylation sites is 1. The molecule has 3 rings (SSSR count). The Balaban J connectivity index is 1.67.